The van der Waals surface area contributed by atoms with E-state index in [-0.39, 0.29) is 0 Å². The molecule has 0 aliphatic carbocycles. The Bertz CT molecular complexity index is 277. The highest BCUT2D eigenvalue weighted by atomic mass is 35.5. The van der Waals surface area contributed by atoms with Gasteiger partial charge in [0.15, 0.2) is 6.29 Å². The third kappa shape index (κ3) is 3.15. The SMILES string of the molecule is CCOC(O)Cc1sc(Cl)cc1N. The quantitative estimate of drug-likeness (QED) is 0.764. The summed E-state index contributed by atoms with van der Waals surface area (Å²) in [5.74, 6) is 0. The van der Waals surface area contributed by atoms with Crippen LogP contribution in [0.4, 0.5) is 5.69 Å². The van der Waals surface area contributed by atoms with Gasteiger partial charge in [-0.15, -0.1) is 11.3 Å². The summed E-state index contributed by atoms with van der Waals surface area (Å²) in [5, 5.41) is 9.32. The Morgan fingerprint density at radius 2 is 2.46 bits per heavy atom. The molecular formula is C8H12ClNO2S. The maximum Gasteiger partial charge on any atom is 0.159 e. The first-order chi connectivity index (χ1) is 6.13. The molecule has 0 bridgehead atoms. The minimum atomic E-state index is -0.790. The number of ether oxygens (including phenoxy) is 1. The summed E-state index contributed by atoms with van der Waals surface area (Å²) < 4.78 is 5.61. The fourth-order valence-corrected chi connectivity index (χ4v) is 2.20. The van der Waals surface area contributed by atoms with Crippen molar-refractivity contribution in [3.05, 3.63) is 15.3 Å². The van der Waals surface area contributed by atoms with Crippen molar-refractivity contribution >= 4 is 28.6 Å². The standard InChI is InChI=1S/C8H12ClNO2S/c1-2-12-8(11)4-6-5(10)3-7(9)13-6/h3,8,11H,2,4,10H2,1H3. The summed E-state index contributed by atoms with van der Waals surface area (Å²) in [5.41, 5.74) is 6.26. The number of nitrogens with two attached hydrogens (primary N) is 1. The van der Waals surface area contributed by atoms with Crippen LogP contribution in [-0.2, 0) is 11.2 Å². The lowest BCUT2D eigenvalue weighted by Crippen LogP contribution is -2.14. The van der Waals surface area contributed by atoms with Gasteiger partial charge >= 0.3 is 0 Å². The number of nitrogen functional groups attached to an aromatic ring is 1. The van der Waals surface area contributed by atoms with Gasteiger partial charge in [0.1, 0.15) is 0 Å². The Labute approximate surface area is 86.1 Å². The highest BCUT2D eigenvalue weighted by Crippen LogP contribution is 2.29. The molecule has 0 saturated heterocycles. The van der Waals surface area contributed by atoms with Crippen molar-refractivity contribution in [1.82, 2.24) is 0 Å². The number of aliphatic hydroxyl groups is 1. The number of hydrogen-bond acceptors (Lipinski definition) is 4. The Hall–Kier alpha value is -0.290. The van der Waals surface area contributed by atoms with Crippen LogP contribution in [0.3, 0.4) is 0 Å². The van der Waals surface area contributed by atoms with Crippen molar-refractivity contribution in [2.24, 2.45) is 0 Å². The zero-order valence-electron chi connectivity index (χ0n) is 7.29. The molecule has 0 radical (unpaired) electrons. The summed E-state index contributed by atoms with van der Waals surface area (Å²) in [6.07, 6.45) is -0.390. The fourth-order valence-electron chi connectivity index (χ4n) is 0.978. The van der Waals surface area contributed by atoms with E-state index in [1.54, 1.807) is 6.07 Å². The van der Waals surface area contributed by atoms with Gasteiger partial charge in [0.2, 0.25) is 0 Å². The lowest BCUT2D eigenvalue weighted by Gasteiger charge is -2.08. The van der Waals surface area contributed by atoms with Gasteiger partial charge < -0.3 is 15.6 Å². The summed E-state index contributed by atoms with van der Waals surface area (Å²) in [6, 6.07) is 1.68. The second kappa shape index (κ2) is 4.81. The molecule has 0 fully saturated rings. The predicted octanol–water partition coefficient (Wildman–Crippen LogP) is 1.88. The number of hydrogen-bond donors (Lipinski definition) is 2. The summed E-state index contributed by atoms with van der Waals surface area (Å²) in [4.78, 5) is 0.867. The highest BCUT2D eigenvalue weighted by molar-refractivity contribution is 7.16. The van der Waals surface area contributed by atoms with Crippen LogP contribution >= 0.6 is 22.9 Å². The van der Waals surface area contributed by atoms with Crippen LogP contribution in [0.5, 0.6) is 0 Å². The number of thiophene rings is 1. The van der Waals surface area contributed by atoms with Gasteiger partial charge in [-0.3, -0.25) is 0 Å². The molecule has 1 aromatic heterocycles. The third-order valence-corrected chi connectivity index (χ3v) is 2.83. The van der Waals surface area contributed by atoms with Crippen molar-refractivity contribution in [1.29, 1.82) is 0 Å². The fraction of sp³-hybridized carbons (Fsp3) is 0.500. The number of anilines is 1. The maximum atomic E-state index is 9.32. The Balaban J connectivity index is 2.57. The minimum absolute atomic E-state index is 0.400. The molecular weight excluding hydrogens is 210 g/mol. The summed E-state index contributed by atoms with van der Waals surface area (Å²) in [7, 11) is 0. The lowest BCUT2D eigenvalue weighted by molar-refractivity contribution is -0.0922. The van der Waals surface area contributed by atoms with Crippen LogP contribution in [0.25, 0.3) is 0 Å². The molecule has 0 aliphatic rings. The molecule has 0 aliphatic heterocycles. The van der Waals surface area contributed by atoms with Crippen molar-refractivity contribution in [3.8, 4) is 0 Å². The normalized spacial score (nSPS) is 13.2. The van der Waals surface area contributed by atoms with Crippen LogP contribution in [0.15, 0.2) is 6.07 Å². The molecule has 0 aromatic carbocycles. The van der Waals surface area contributed by atoms with Crippen LogP contribution in [-0.4, -0.2) is 18.0 Å². The van der Waals surface area contributed by atoms with E-state index in [0.717, 1.165) is 4.88 Å². The topological polar surface area (TPSA) is 55.5 Å². The summed E-state index contributed by atoms with van der Waals surface area (Å²) >= 11 is 7.11. The molecule has 0 saturated carbocycles. The second-order valence-electron chi connectivity index (χ2n) is 2.54. The van der Waals surface area contributed by atoms with E-state index >= 15 is 0 Å². The first-order valence-corrected chi connectivity index (χ1v) is 5.16. The van der Waals surface area contributed by atoms with Crippen molar-refractivity contribution in [3.63, 3.8) is 0 Å². The first kappa shape index (κ1) is 10.8. The molecule has 1 aromatic rings. The van der Waals surface area contributed by atoms with Gasteiger partial charge in [-0.05, 0) is 13.0 Å². The minimum Gasteiger partial charge on any atom is -0.398 e. The molecule has 3 nitrogen and oxygen atoms in total. The highest BCUT2D eigenvalue weighted by Gasteiger charge is 2.10. The van der Waals surface area contributed by atoms with Crippen molar-refractivity contribution < 1.29 is 9.84 Å². The van der Waals surface area contributed by atoms with Gasteiger partial charge in [-0.2, -0.15) is 0 Å². The number of aliphatic hydroxyl groups excluding tert-OH is 1. The average molecular weight is 222 g/mol. The van der Waals surface area contributed by atoms with E-state index in [9.17, 15) is 5.11 Å². The van der Waals surface area contributed by atoms with Gasteiger partial charge in [0.25, 0.3) is 0 Å². The van der Waals surface area contributed by atoms with Gasteiger partial charge in [0, 0.05) is 23.6 Å². The number of halogens is 1. The molecule has 0 amide bonds. The predicted molar refractivity (Wildman–Crippen MR) is 55.1 cm³/mol. The van der Waals surface area contributed by atoms with Crippen LogP contribution in [0.2, 0.25) is 4.34 Å². The van der Waals surface area contributed by atoms with Gasteiger partial charge in [-0.25, -0.2) is 0 Å². The summed E-state index contributed by atoms with van der Waals surface area (Å²) in [6.45, 7) is 2.31. The average Bonchev–Trinajstić information content (AvgIpc) is 2.30. The smallest absolute Gasteiger partial charge is 0.159 e. The van der Waals surface area contributed by atoms with Gasteiger partial charge in [-0.1, -0.05) is 11.6 Å². The third-order valence-electron chi connectivity index (χ3n) is 1.53. The molecule has 1 heterocycles. The van der Waals surface area contributed by atoms with Crippen molar-refractivity contribution in [2.45, 2.75) is 19.6 Å². The van der Waals surface area contributed by atoms with E-state index in [0.29, 0.717) is 23.1 Å². The lowest BCUT2D eigenvalue weighted by atomic mass is 10.3. The van der Waals surface area contributed by atoms with Gasteiger partial charge in [0.05, 0.1) is 4.34 Å². The Kier molecular flexibility index (Phi) is 3.99. The van der Waals surface area contributed by atoms with Crippen LogP contribution in [0, 0.1) is 0 Å². The molecule has 1 rings (SSSR count). The van der Waals surface area contributed by atoms with E-state index in [1.807, 2.05) is 6.92 Å². The molecule has 0 spiro atoms. The van der Waals surface area contributed by atoms with E-state index in [1.165, 1.54) is 11.3 Å². The number of rotatable bonds is 4. The second-order valence-corrected chi connectivity index (χ2v) is 4.31. The zero-order valence-corrected chi connectivity index (χ0v) is 8.86. The van der Waals surface area contributed by atoms with Crippen molar-refractivity contribution in [2.75, 3.05) is 12.3 Å². The molecule has 1 unspecified atom stereocenters. The largest absolute Gasteiger partial charge is 0.398 e. The van der Waals surface area contributed by atoms with E-state index in [2.05, 4.69) is 0 Å². The maximum absolute atomic E-state index is 9.32. The Morgan fingerprint density at radius 3 is 2.92 bits per heavy atom. The van der Waals surface area contributed by atoms with Crippen LogP contribution in [0.1, 0.15) is 11.8 Å². The Morgan fingerprint density at radius 1 is 1.77 bits per heavy atom. The van der Waals surface area contributed by atoms with E-state index < -0.39 is 6.29 Å². The zero-order chi connectivity index (χ0) is 9.84. The van der Waals surface area contributed by atoms with Crippen LogP contribution < -0.4 is 5.73 Å². The molecule has 74 valence electrons. The monoisotopic (exact) mass is 221 g/mol. The van der Waals surface area contributed by atoms with E-state index in [4.69, 9.17) is 22.1 Å². The molecule has 5 heteroatoms. The molecule has 13 heavy (non-hydrogen) atoms. The first-order valence-electron chi connectivity index (χ1n) is 3.96. The molecule has 1 atom stereocenters. The molecule has 3 N–H and O–H groups in total.